The normalized spacial score (nSPS) is 12.2. The summed E-state index contributed by atoms with van der Waals surface area (Å²) in [5, 5.41) is 22.0. The number of hydrogen-bond acceptors (Lipinski definition) is 0. The molecule has 0 saturated carbocycles. The van der Waals surface area contributed by atoms with Gasteiger partial charge in [-0.3, -0.25) is 0 Å². The second kappa shape index (κ2) is 45.1. The molecule has 8 aromatic heterocycles. The molecular weight excluding hydrogens is 2100 g/mol. The maximum absolute atomic E-state index is 14.0. The van der Waals surface area contributed by atoms with Crippen LogP contribution >= 0.6 is 106 Å². The first-order valence-corrected chi connectivity index (χ1v) is 56.6. The van der Waals surface area contributed by atoms with Crippen LogP contribution in [0.1, 0.15) is 48.7 Å². The lowest BCUT2D eigenvalue weighted by Gasteiger charge is -2.04. The molecule has 0 N–H and O–H groups in total. The quantitative estimate of drug-likeness (QED) is 0.0808. The summed E-state index contributed by atoms with van der Waals surface area (Å²) < 4.78 is 194. The highest BCUT2D eigenvalue weighted by atomic mass is 127. The number of benzene rings is 16. The van der Waals surface area contributed by atoms with Gasteiger partial charge in [-0.25, -0.2) is 48.3 Å². The van der Waals surface area contributed by atoms with E-state index in [2.05, 4.69) is 136 Å². The van der Waals surface area contributed by atoms with E-state index in [0.29, 0.717) is 4.90 Å². The topological polar surface area (TPSA) is 0 Å². The second-order valence-electron chi connectivity index (χ2n) is 33.9. The number of aryl methyl sites for hydroxylation is 8. The van der Waals surface area contributed by atoms with E-state index in [1.54, 1.807) is 97.1 Å². The third-order valence-electron chi connectivity index (χ3n) is 23.8. The highest BCUT2D eigenvalue weighted by Crippen LogP contribution is 2.51. The molecule has 23 heteroatoms. The highest BCUT2D eigenvalue weighted by molar-refractivity contribution is 14.1. The van der Waals surface area contributed by atoms with Gasteiger partial charge in [0.15, 0.2) is 87.6 Å². The van der Waals surface area contributed by atoms with Crippen molar-refractivity contribution in [3.8, 4) is 39.2 Å². The lowest BCUT2D eigenvalue weighted by atomic mass is 10.2. The molecule has 0 saturated heterocycles. The monoisotopic (exact) mass is 2190 g/mol. The number of hydrogen-bond donors (Lipinski definition) is 0. The van der Waals surface area contributed by atoms with Crippen LogP contribution in [0.5, 0.6) is 0 Å². The molecule has 0 amide bonds. The van der Waals surface area contributed by atoms with Crippen LogP contribution in [0.2, 0.25) is 0 Å². The largest absolute Gasteiger partial charge is 0.416 e. The molecule has 16 aromatic carbocycles. The standard InChI is InChI=1S/C16H12F3S.4C15H11F2S.C15H11FIS.2C15H12FS/c1-11-10-20(15-5-3-2-4-14(11)15)13-8-6-12(7-9-13)16(17,18)19;1-10-9-18(13-5-2-11(16)3-6-13)15-8-12(17)4-7-14(10)15;1-10-8-11-9-13(17)4-7-15(11)18(10)14-5-2-12(16)3-6-14;1-10-9-18(12-7-5-11(16)6-8-12)15-13(10)3-2-4-14(15)17;1-10-9-18(15-5-3-2-4-14(10)15)13-7-11(16)6-12(17)8-13;1-10-8-11-9-13(17)4-7-15(11)18(10)14-5-2-12(16)3-6-14;1-11-10-17(13-6-4-5-12(16)9-13)15-8-3-2-7-14(11)15;1-11-10-17(13-5-3-2-4-6-13)15-9-12(16)7-8-14(11)15/h2-10H,1H3;5*2-9H,1H3;2*2-10H,1H3/q8*+1. The Morgan fingerprint density at radius 1 is 0.201 bits per heavy atom. The van der Waals surface area contributed by atoms with E-state index < -0.39 is 33.8 Å². The maximum Gasteiger partial charge on any atom is 0.416 e. The van der Waals surface area contributed by atoms with Crippen molar-refractivity contribution >= 4 is 187 Å². The van der Waals surface area contributed by atoms with Crippen molar-refractivity contribution in [3.05, 3.63) is 519 Å². The van der Waals surface area contributed by atoms with Crippen molar-refractivity contribution in [1.82, 2.24) is 0 Å². The van der Waals surface area contributed by atoms with E-state index in [1.807, 2.05) is 150 Å². The smallest absolute Gasteiger partial charge is 0.207 e. The predicted octanol–water partition coefficient (Wildman–Crippen LogP) is 42.2. The van der Waals surface area contributed by atoms with Gasteiger partial charge in [0.25, 0.3) is 0 Å². The Labute approximate surface area is 860 Å². The zero-order chi connectivity index (χ0) is 101. The number of thiophene rings is 8. The van der Waals surface area contributed by atoms with E-state index in [9.17, 15) is 61.5 Å². The van der Waals surface area contributed by atoms with Gasteiger partial charge in [0.1, 0.15) is 90.5 Å². The Morgan fingerprint density at radius 2 is 0.507 bits per heavy atom. The van der Waals surface area contributed by atoms with Crippen molar-refractivity contribution in [2.75, 3.05) is 0 Å². The van der Waals surface area contributed by atoms with Crippen LogP contribution in [0.15, 0.2) is 402 Å². The molecule has 8 heterocycles. The zero-order valence-electron chi connectivity index (χ0n) is 78.6. The molecule has 720 valence electrons. The lowest BCUT2D eigenvalue weighted by molar-refractivity contribution is -0.137. The average molecular weight is 2190 g/mol. The van der Waals surface area contributed by atoms with Crippen LogP contribution in [0.25, 0.3) is 120 Å². The van der Waals surface area contributed by atoms with E-state index in [0.717, 1.165) is 93.5 Å². The number of rotatable bonds is 8. The van der Waals surface area contributed by atoms with Gasteiger partial charge in [-0.05, 0) is 264 Å². The van der Waals surface area contributed by atoms with Crippen molar-refractivity contribution in [1.29, 1.82) is 0 Å². The molecule has 8 unspecified atom stereocenters. The first-order chi connectivity index (χ1) is 69.2. The van der Waals surface area contributed by atoms with Crippen LogP contribution in [-0.2, 0) is 6.18 Å². The SMILES string of the molecule is Cc1c[s+](-c2cc(F)cc(F)c2)c2ccccc12.Cc1c[s+](-c2ccc(C(F)(F)F)cc2)c2ccccc12.Cc1c[s+](-c2ccc(F)cc2)c2c(F)cccc12.Cc1c[s+](-c2ccc(F)cc2)c2cc(F)ccc12.Cc1c[s+](-c2cccc(F)c2)c2ccccc12.Cc1c[s+](-c2ccccc2)c2cc(F)ccc12.Cc1cc2cc(F)ccc2[s+]1-c1ccc(F)cc1.Cc1cc2cc(I)ccc2[s+]1-c1ccc(F)cc1. The van der Waals surface area contributed by atoms with Gasteiger partial charge >= 0.3 is 6.18 Å². The zero-order valence-corrected chi connectivity index (χ0v) is 87.3. The molecule has 8 atom stereocenters. The van der Waals surface area contributed by atoms with Gasteiger partial charge in [0.2, 0.25) is 4.70 Å². The fraction of sp³-hybridized carbons (Fsp3) is 0.0744. The number of alkyl halides is 3. The number of halogens is 15. The minimum Gasteiger partial charge on any atom is -0.207 e. The Morgan fingerprint density at radius 3 is 0.951 bits per heavy atom. The van der Waals surface area contributed by atoms with Gasteiger partial charge in [-0.1, -0.05) is 66.7 Å². The fourth-order valence-electron chi connectivity index (χ4n) is 17.1. The Hall–Kier alpha value is -13.1. The summed E-state index contributed by atoms with van der Waals surface area (Å²) in [6.45, 7) is 16.5. The summed E-state index contributed by atoms with van der Waals surface area (Å²) in [4.78, 5) is 10.6. The first-order valence-electron chi connectivity index (χ1n) is 45.3. The summed E-state index contributed by atoms with van der Waals surface area (Å²) >= 11 is 2.33. The highest BCUT2D eigenvalue weighted by Gasteiger charge is 2.33. The van der Waals surface area contributed by atoms with Crippen molar-refractivity contribution in [3.63, 3.8) is 0 Å². The van der Waals surface area contributed by atoms with E-state index in [1.165, 1.54) is 165 Å². The molecular formula is C121H91F14IS8+8. The summed E-state index contributed by atoms with van der Waals surface area (Å²) in [5.74, 6) is -2.91. The minimum absolute atomic E-state index is 0.0358. The molecule has 0 fully saturated rings. The van der Waals surface area contributed by atoms with Crippen molar-refractivity contribution < 1.29 is 61.5 Å². The number of fused-ring (bicyclic) bond motifs is 8. The molecule has 0 spiro atoms. The van der Waals surface area contributed by atoms with E-state index in [-0.39, 0.29) is 126 Å². The van der Waals surface area contributed by atoms with Gasteiger partial charge in [0, 0.05) is 281 Å². The molecule has 144 heavy (non-hydrogen) atoms. The van der Waals surface area contributed by atoms with E-state index in [4.69, 9.17) is 0 Å². The molecule has 0 bridgehead atoms. The molecule has 0 aliphatic carbocycles. The summed E-state index contributed by atoms with van der Waals surface area (Å²) in [6, 6.07) is 108. The van der Waals surface area contributed by atoms with Crippen LogP contribution < -0.4 is 0 Å². The average Bonchev–Trinajstić information content (AvgIpc) is 1.62. The first kappa shape index (κ1) is 102. The summed E-state index contributed by atoms with van der Waals surface area (Å²) in [6.07, 6.45) is -4.28. The molecule has 24 aromatic rings. The molecule has 0 aliphatic heterocycles. The Kier molecular flexibility index (Phi) is 32.1. The second-order valence-corrected chi connectivity index (χ2v) is 50.4. The summed E-state index contributed by atoms with van der Waals surface area (Å²) in [7, 11) is -1.77. The maximum atomic E-state index is 14.0. The Bertz CT molecular complexity index is 8570. The van der Waals surface area contributed by atoms with Gasteiger partial charge in [0.05, 0.1) is 5.56 Å². The van der Waals surface area contributed by atoms with Crippen molar-refractivity contribution in [2.24, 2.45) is 0 Å². The third kappa shape index (κ3) is 23.5. The molecule has 0 aliphatic rings. The van der Waals surface area contributed by atoms with Gasteiger partial charge in [-0.2, -0.15) is 13.2 Å². The minimum atomic E-state index is -4.28. The van der Waals surface area contributed by atoms with Crippen LogP contribution in [0, 0.1) is 123 Å². The van der Waals surface area contributed by atoms with Crippen LogP contribution in [0.4, 0.5) is 61.5 Å². The molecule has 24 rings (SSSR count). The Balaban J connectivity index is 0.000000113. The van der Waals surface area contributed by atoms with Crippen LogP contribution in [-0.4, -0.2) is 0 Å². The summed E-state index contributed by atoms with van der Waals surface area (Å²) in [5.41, 5.74) is 6.51. The van der Waals surface area contributed by atoms with Crippen LogP contribution in [0.3, 0.4) is 0 Å². The molecule has 0 radical (unpaired) electrons. The lowest BCUT2D eigenvalue weighted by Crippen LogP contribution is -2.03. The fourth-order valence-corrected chi connectivity index (χ4v) is 34.8. The molecule has 0 nitrogen and oxygen atoms in total. The van der Waals surface area contributed by atoms with Gasteiger partial charge < -0.3 is 0 Å². The third-order valence-corrected chi connectivity index (χ3v) is 42.2. The van der Waals surface area contributed by atoms with Gasteiger partial charge in [-0.15, -0.1) is 0 Å². The van der Waals surface area contributed by atoms with Crippen molar-refractivity contribution in [2.45, 2.75) is 61.6 Å². The van der Waals surface area contributed by atoms with E-state index >= 15 is 0 Å². The predicted molar refractivity (Wildman–Crippen MR) is 597 cm³/mol.